The Bertz CT molecular complexity index is 86.1. The minimum atomic E-state index is 0.609. The number of nitrogens with zero attached hydrogens (tertiary/aromatic N) is 1. The SMILES string of the molecule is C=C(C)ON=CC. The van der Waals surface area contributed by atoms with Crippen molar-refractivity contribution in [3.63, 3.8) is 0 Å². The van der Waals surface area contributed by atoms with Gasteiger partial charge in [0.2, 0.25) is 0 Å². The van der Waals surface area contributed by atoms with Crippen molar-refractivity contribution >= 4 is 6.21 Å². The van der Waals surface area contributed by atoms with Crippen molar-refractivity contribution in [2.75, 3.05) is 0 Å². The molecule has 2 nitrogen and oxygen atoms in total. The second kappa shape index (κ2) is 3.40. The molecule has 0 amide bonds. The molecule has 0 saturated carbocycles. The van der Waals surface area contributed by atoms with Crippen LogP contribution in [0.5, 0.6) is 0 Å². The molecular formula is C5H9NO. The molecule has 0 aromatic carbocycles. The van der Waals surface area contributed by atoms with Crippen LogP contribution in [-0.2, 0) is 4.84 Å². The van der Waals surface area contributed by atoms with Crippen molar-refractivity contribution in [2.45, 2.75) is 13.8 Å². The van der Waals surface area contributed by atoms with Crippen LogP contribution in [0.3, 0.4) is 0 Å². The standard InChI is InChI=1S/C5H9NO/c1-4-6-7-5(2)3/h4H,2H2,1,3H3. The molecule has 0 aliphatic carbocycles. The smallest absolute Gasteiger partial charge is 0.124 e. The molecule has 2 heteroatoms. The molecule has 0 aliphatic heterocycles. The van der Waals surface area contributed by atoms with Crippen LogP contribution in [0.25, 0.3) is 0 Å². The summed E-state index contributed by atoms with van der Waals surface area (Å²) in [5.74, 6) is 0.609. The molecule has 0 spiro atoms. The van der Waals surface area contributed by atoms with Crippen molar-refractivity contribution in [1.82, 2.24) is 0 Å². The second-order valence-corrected chi connectivity index (χ2v) is 1.16. The van der Waals surface area contributed by atoms with E-state index in [1.807, 2.05) is 0 Å². The third kappa shape index (κ3) is 5.21. The first-order chi connectivity index (χ1) is 3.27. The van der Waals surface area contributed by atoms with Crippen LogP contribution in [0.2, 0.25) is 0 Å². The van der Waals surface area contributed by atoms with Gasteiger partial charge in [0.1, 0.15) is 5.76 Å². The van der Waals surface area contributed by atoms with E-state index in [2.05, 4.69) is 16.6 Å². The Kier molecular flexibility index (Phi) is 3.02. The van der Waals surface area contributed by atoms with Crippen LogP contribution in [0.4, 0.5) is 0 Å². The lowest BCUT2D eigenvalue weighted by Gasteiger charge is -1.89. The van der Waals surface area contributed by atoms with E-state index in [0.29, 0.717) is 5.76 Å². The summed E-state index contributed by atoms with van der Waals surface area (Å²) in [6.07, 6.45) is 1.56. The third-order valence-corrected chi connectivity index (χ3v) is 0.314. The number of hydrogen-bond acceptors (Lipinski definition) is 2. The average molecular weight is 99.1 g/mol. The normalized spacial score (nSPS) is 9.43. The molecule has 0 heterocycles. The molecule has 40 valence electrons. The molecule has 7 heavy (non-hydrogen) atoms. The first-order valence-electron chi connectivity index (χ1n) is 2.08. The van der Waals surface area contributed by atoms with E-state index in [1.165, 1.54) is 0 Å². The molecule has 0 N–H and O–H groups in total. The van der Waals surface area contributed by atoms with E-state index in [-0.39, 0.29) is 0 Å². The first kappa shape index (κ1) is 6.21. The molecule has 0 bridgehead atoms. The minimum absolute atomic E-state index is 0.609. The highest BCUT2D eigenvalue weighted by molar-refractivity contribution is 5.52. The fourth-order valence-corrected chi connectivity index (χ4v) is 0.143. The molecule has 0 atom stereocenters. The lowest BCUT2D eigenvalue weighted by Crippen LogP contribution is -1.73. The number of allylic oxidation sites excluding steroid dienone is 1. The van der Waals surface area contributed by atoms with Gasteiger partial charge in [0, 0.05) is 6.21 Å². The maximum Gasteiger partial charge on any atom is 0.124 e. The Morgan fingerprint density at radius 3 is 2.57 bits per heavy atom. The highest BCUT2D eigenvalue weighted by Crippen LogP contribution is 1.87. The number of hydrogen-bond donors (Lipinski definition) is 0. The Balaban J connectivity index is 3.14. The Hall–Kier alpha value is -0.790. The Morgan fingerprint density at radius 2 is 2.43 bits per heavy atom. The maximum atomic E-state index is 4.57. The summed E-state index contributed by atoms with van der Waals surface area (Å²) in [6, 6.07) is 0. The van der Waals surface area contributed by atoms with E-state index < -0.39 is 0 Å². The largest absolute Gasteiger partial charge is 0.363 e. The lowest BCUT2D eigenvalue weighted by atomic mass is 10.7. The summed E-state index contributed by atoms with van der Waals surface area (Å²) < 4.78 is 0. The molecule has 0 unspecified atom stereocenters. The third-order valence-electron chi connectivity index (χ3n) is 0.314. The summed E-state index contributed by atoms with van der Waals surface area (Å²) >= 11 is 0. The summed E-state index contributed by atoms with van der Waals surface area (Å²) in [4.78, 5) is 4.57. The zero-order chi connectivity index (χ0) is 5.70. The fraction of sp³-hybridized carbons (Fsp3) is 0.400. The van der Waals surface area contributed by atoms with E-state index in [0.717, 1.165) is 0 Å². The van der Waals surface area contributed by atoms with Crippen molar-refractivity contribution in [3.05, 3.63) is 12.3 Å². The molecule has 0 aromatic heterocycles. The number of rotatable bonds is 2. The highest BCUT2D eigenvalue weighted by atomic mass is 16.6. The van der Waals surface area contributed by atoms with Gasteiger partial charge in [0.15, 0.2) is 0 Å². The molecule has 0 radical (unpaired) electrons. The second-order valence-electron chi connectivity index (χ2n) is 1.16. The van der Waals surface area contributed by atoms with Gasteiger partial charge in [0.25, 0.3) is 0 Å². The van der Waals surface area contributed by atoms with Gasteiger partial charge in [-0.25, -0.2) is 0 Å². The summed E-state index contributed by atoms with van der Waals surface area (Å²) in [6.45, 7) is 6.98. The Morgan fingerprint density at radius 1 is 1.86 bits per heavy atom. The predicted molar refractivity (Wildman–Crippen MR) is 30.1 cm³/mol. The van der Waals surface area contributed by atoms with Gasteiger partial charge in [0.05, 0.1) is 0 Å². The average Bonchev–Trinajstić information content (AvgIpc) is 1.61. The van der Waals surface area contributed by atoms with Crippen molar-refractivity contribution in [3.8, 4) is 0 Å². The van der Waals surface area contributed by atoms with Gasteiger partial charge in [-0.3, -0.25) is 0 Å². The highest BCUT2D eigenvalue weighted by Gasteiger charge is 1.73. The minimum Gasteiger partial charge on any atom is -0.363 e. The van der Waals surface area contributed by atoms with Crippen LogP contribution >= 0.6 is 0 Å². The monoisotopic (exact) mass is 99.1 g/mol. The Labute approximate surface area is 43.5 Å². The summed E-state index contributed by atoms with van der Waals surface area (Å²) in [5.41, 5.74) is 0. The maximum absolute atomic E-state index is 4.57. The molecule has 0 rings (SSSR count). The topological polar surface area (TPSA) is 21.6 Å². The van der Waals surface area contributed by atoms with E-state index in [9.17, 15) is 0 Å². The van der Waals surface area contributed by atoms with Crippen molar-refractivity contribution < 1.29 is 4.84 Å². The van der Waals surface area contributed by atoms with Gasteiger partial charge in [-0.15, -0.1) is 0 Å². The molecule has 0 fully saturated rings. The van der Waals surface area contributed by atoms with Crippen molar-refractivity contribution in [1.29, 1.82) is 0 Å². The predicted octanol–water partition coefficient (Wildman–Crippen LogP) is 1.54. The van der Waals surface area contributed by atoms with Crippen molar-refractivity contribution in [2.24, 2.45) is 5.16 Å². The zero-order valence-electron chi connectivity index (χ0n) is 4.64. The lowest BCUT2D eigenvalue weighted by molar-refractivity contribution is 0.233. The van der Waals surface area contributed by atoms with Crippen LogP contribution in [0, 0.1) is 0 Å². The first-order valence-corrected chi connectivity index (χ1v) is 2.08. The van der Waals surface area contributed by atoms with E-state index >= 15 is 0 Å². The van der Waals surface area contributed by atoms with E-state index in [1.54, 1.807) is 20.1 Å². The zero-order valence-corrected chi connectivity index (χ0v) is 4.64. The quantitative estimate of drug-likeness (QED) is 0.292. The van der Waals surface area contributed by atoms with Crippen LogP contribution in [-0.4, -0.2) is 6.21 Å². The van der Waals surface area contributed by atoms with Gasteiger partial charge in [-0.05, 0) is 13.8 Å². The fourth-order valence-electron chi connectivity index (χ4n) is 0.143. The molecule has 0 aromatic rings. The summed E-state index contributed by atoms with van der Waals surface area (Å²) in [5, 5.41) is 3.45. The van der Waals surface area contributed by atoms with Gasteiger partial charge < -0.3 is 4.84 Å². The van der Waals surface area contributed by atoms with Crippen LogP contribution in [0.1, 0.15) is 13.8 Å². The van der Waals surface area contributed by atoms with Gasteiger partial charge >= 0.3 is 0 Å². The molecule has 0 aliphatic rings. The summed E-state index contributed by atoms with van der Waals surface area (Å²) in [7, 11) is 0. The van der Waals surface area contributed by atoms with E-state index in [4.69, 9.17) is 0 Å². The van der Waals surface area contributed by atoms with Crippen LogP contribution < -0.4 is 0 Å². The molecular weight excluding hydrogens is 90.1 g/mol. The van der Waals surface area contributed by atoms with Crippen LogP contribution in [0.15, 0.2) is 17.5 Å². The number of oxime groups is 1. The van der Waals surface area contributed by atoms with Gasteiger partial charge in [-0.2, -0.15) is 0 Å². The molecule has 0 saturated heterocycles. The van der Waals surface area contributed by atoms with Gasteiger partial charge in [-0.1, -0.05) is 11.7 Å².